The fraction of sp³-hybridized carbons (Fsp3) is 0.286. The average molecular weight is 587 g/mol. The number of aryl methyl sites for hydroxylation is 2. The number of hydrogen-bond donors (Lipinski definition) is 4. The standard InChI is InChI=1S/C31H35F2N5.C4H9N/c1-7-10-11-12-13-24-14-16-27(30(33)29(24)32)28(9-3)38-19-18-35-31(22(38)5)36-25-15-17-26(21(4)37-34-6)23(8-2)20-25;1-2-3-4-5/h9,14-20,34,37H,4-5,7-8,12-13H2,1-3,6H3,(H,35,36);2H,1,3-5H2/b28-9-;. The predicted octanol–water partition coefficient (Wildman–Crippen LogP) is 7.26. The van der Waals surface area contributed by atoms with Crippen molar-refractivity contribution in [2.24, 2.45) is 10.7 Å². The normalized spacial score (nSPS) is 12.4. The summed E-state index contributed by atoms with van der Waals surface area (Å²) in [4.78, 5) is 6.15. The van der Waals surface area contributed by atoms with E-state index in [2.05, 4.69) is 59.7 Å². The van der Waals surface area contributed by atoms with E-state index in [4.69, 9.17) is 5.73 Å². The molecule has 43 heavy (non-hydrogen) atoms. The summed E-state index contributed by atoms with van der Waals surface area (Å²) in [5, 5.41) is 3.32. The first kappa shape index (κ1) is 34.7. The zero-order valence-corrected chi connectivity index (χ0v) is 25.8. The average Bonchev–Trinajstić information content (AvgIpc) is 3.01. The molecule has 0 amide bonds. The zero-order valence-electron chi connectivity index (χ0n) is 25.8. The second-order valence-electron chi connectivity index (χ2n) is 9.44. The smallest absolute Gasteiger partial charge is 0.168 e. The molecule has 0 radical (unpaired) electrons. The molecule has 0 saturated carbocycles. The third-order valence-corrected chi connectivity index (χ3v) is 6.50. The Hall–Kier alpha value is -4.45. The van der Waals surface area contributed by atoms with Gasteiger partial charge in [-0.1, -0.05) is 51.3 Å². The molecule has 0 spiro atoms. The largest absolute Gasteiger partial charge is 0.338 e. The van der Waals surface area contributed by atoms with E-state index in [1.807, 2.05) is 25.1 Å². The number of hydrazine groups is 1. The number of nitrogens with two attached hydrogens (primary N) is 1. The van der Waals surface area contributed by atoms with E-state index in [0.29, 0.717) is 35.6 Å². The molecule has 3 rings (SSSR count). The van der Waals surface area contributed by atoms with Gasteiger partial charge in [0.1, 0.15) is 0 Å². The van der Waals surface area contributed by atoms with Crippen LogP contribution in [0.25, 0.3) is 11.4 Å². The molecule has 2 aromatic rings. The summed E-state index contributed by atoms with van der Waals surface area (Å²) in [6.45, 7) is 18.3. The van der Waals surface area contributed by atoms with Crippen LogP contribution in [-0.4, -0.2) is 24.3 Å². The topological polar surface area (TPSA) is 77.7 Å². The van der Waals surface area contributed by atoms with Crippen molar-refractivity contribution in [1.29, 1.82) is 0 Å². The van der Waals surface area contributed by atoms with E-state index in [-0.39, 0.29) is 5.56 Å². The van der Waals surface area contributed by atoms with Crippen molar-refractivity contribution in [3.05, 3.63) is 114 Å². The van der Waals surface area contributed by atoms with Gasteiger partial charge >= 0.3 is 0 Å². The van der Waals surface area contributed by atoms with Crippen LogP contribution in [0.1, 0.15) is 62.3 Å². The summed E-state index contributed by atoms with van der Waals surface area (Å²) >= 11 is 0. The van der Waals surface area contributed by atoms with Gasteiger partial charge in [0.2, 0.25) is 0 Å². The van der Waals surface area contributed by atoms with Gasteiger partial charge in [-0.3, -0.25) is 0 Å². The molecule has 0 aromatic heterocycles. The number of allylic oxidation sites excluding steroid dienone is 1. The lowest BCUT2D eigenvalue weighted by Crippen LogP contribution is -2.28. The highest BCUT2D eigenvalue weighted by Crippen LogP contribution is 2.31. The van der Waals surface area contributed by atoms with Crippen molar-refractivity contribution < 1.29 is 8.78 Å². The number of hydrogen-bond acceptors (Lipinski definition) is 6. The van der Waals surface area contributed by atoms with Crippen molar-refractivity contribution in [2.75, 3.05) is 18.9 Å². The summed E-state index contributed by atoms with van der Waals surface area (Å²) in [6.07, 6.45) is 10.1. The highest BCUT2D eigenvalue weighted by atomic mass is 19.2. The Balaban J connectivity index is 0.00000119. The zero-order chi connectivity index (χ0) is 31.8. The lowest BCUT2D eigenvalue weighted by atomic mass is 10.0. The third-order valence-electron chi connectivity index (χ3n) is 6.50. The summed E-state index contributed by atoms with van der Waals surface area (Å²) in [5.41, 5.74) is 16.1. The maximum atomic E-state index is 15.2. The third kappa shape index (κ3) is 9.53. The Labute approximate surface area is 255 Å². The highest BCUT2D eigenvalue weighted by Gasteiger charge is 2.24. The van der Waals surface area contributed by atoms with Gasteiger partial charge in [0.15, 0.2) is 17.5 Å². The van der Waals surface area contributed by atoms with Crippen LogP contribution in [0.3, 0.4) is 0 Å². The van der Waals surface area contributed by atoms with Crippen molar-refractivity contribution in [2.45, 2.75) is 52.9 Å². The van der Waals surface area contributed by atoms with E-state index < -0.39 is 11.6 Å². The van der Waals surface area contributed by atoms with Crippen LogP contribution >= 0.6 is 0 Å². The Morgan fingerprint density at radius 2 is 1.84 bits per heavy atom. The molecule has 1 heterocycles. The first-order valence-electron chi connectivity index (χ1n) is 14.4. The summed E-state index contributed by atoms with van der Waals surface area (Å²) in [5.74, 6) is 4.69. The summed E-state index contributed by atoms with van der Waals surface area (Å²) in [7, 11) is 1.79. The van der Waals surface area contributed by atoms with Crippen LogP contribution in [0.15, 0.2) is 85.3 Å². The molecule has 8 heteroatoms. The maximum absolute atomic E-state index is 15.2. The van der Waals surface area contributed by atoms with Crippen molar-refractivity contribution in [1.82, 2.24) is 15.8 Å². The minimum Gasteiger partial charge on any atom is -0.338 e. The van der Waals surface area contributed by atoms with Crippen LogP contribution < -0.4 is 21.9 Å². The SMILES string of the molecule is C=C(NNC)c1ccc(NC2=NC=CN(/C(=C\C)c3ccc(CCC#CCC)c(F)c3F)C2=C)cc1CC.C=CCCN. The molecule has 0 saturated heterocycles. The molecular weight excluding hydrogens is 542 g/mol. The minimum atomic E-state index is -0.893. The van der Waals surface area contributed by atoms with Gasteiger partial charge in [-0.05, 0) is 62.1 Å². The van der Waals surface area contributed by atoms with E-state index in [0.717, 1.165) is 48.3 Å². The number of amidine groups is 1. The van der Waals surface area contributed by atoms with Crippen molar-refractivity contribution >= 4 is 22.9 Å². The number of halogens is 2. The fourth-order valence-corrected chi connectivity index (χ4v) is 4.33. The van der Waals surface area contributed by atoms with Gasteiger partial charge in [-0.15, -0.1) is 18.4 Å². The number of nitrogens with one attached hydrogen (secondary N) is 3. The lowest BCUT2D eigenvalue weighted by molar-refractivity contribution is 0.493. The molecule has 228 valence electrons. The fourth-order valence-electron chi connectivity index (χ4n) is 4.33. The van der Waals surface area contributed by atoms with Gasteiger partial charge in [-0.25, -0.2) is 19.2 Å². The van der Waals surface area contributed by atoms with E-state index in [9.17, 15) is 4.39 Å². The Morgan fingerprint density at radius 3 is 2.44 bits per heavy atom. The molecule has 5 N–H and O–H groups in total. The molecule has 0 unspecified atom stereocenters. The van der Waals surface area contributed by atoms with E-state index in [1.165, 1.54) is 0 Å². The van der Waals surface area contributed by atoms with Gasteiger partial charge in [0.25, 0.3) is 0 Å². The Kier molecular flexibility index (Phi) is 14.7. The quantitative estimate of drug-likeness (QED) is 0.127. The molecule has 1 aliphatic rings. The second kappa shape index (κ2) is 18.2. The first-order chi connectivity index (χ1) is 20.8. The van der Waals surface area contributed by atoms with Gasteiger partial charge in [0.05, 0.1) is 11.4 Å². The number of rotatable bonds is 11. The van der Waals surface area contributed by atoms with Crippen LogP contribution in [0.2, 0.25) is 0 Å². The molecule has 1 aliphatic heterocycles. The Bertz CT molecular complexity index is 1440. The predicted molar refractivity (Wildman–Crippen MR) is 178 cm³/mol. The summed E-state index contributed by atoms with van der Waals surface area (Å²) in [6, 6.07) is 9.18. The highest BCUT2D eigenvalue weighted by molar-refractivity contribution is 6.09. The summed E-state index contributed by atoms with van der Waals surface area (Å²) < 4.78 is 30.2. The first-order valence-corrected chi connectivity index (χ1v) is 14.4. The van der Waals surface area contributed by atoms with Crippen LogP contribution in [0.5, 0.6) is 0 Å². The van der Waals surface area contributed by atoms with Crippen LogP contribution in [0.4, 0.5) is 14.5 Å². The lowest BCUT2D eigenvalue weighted by Gasteiger charge is -2.29. The Morgan fingerprint density at radius 1 is 1.09 bits per heavy atom. The molecule has 0 atom stereocenters. The number of aliphatic imine (C=N–C) groups is 1. The van der Waals surface area contributed by atoms with Gasteiger partial charge < -0.3 is 21.4 Å². The second-order valence-corrected chi connectivity index (χ2v) is 9.44. The number of anilines is 1. The van der Waals surface area contributed by atoms with Crippen molar-refractivity contribution in [3.63, 3.8) is 0 Å². The molecule has 0 fully saturated rings. The van der Waals surface area contributed by atoms with Crippen LogP contribution in [-0.2, 0) is 12.8 Å². The molecular formula is C35H44F2N6. The van der Waals surface area contributed by atoms with Gasteiger partial charge in [-0.2, -0.15) is 0 Å². The molecule has 6 nitrogen and oxygen atoms in total. The monoisotopic (exact) mass is 586 g/mol. The van der Waals surface area contributed by atoms with Crippen LogP contribution in [0, 0.1) is 23.5 Å². The molecule has 0 aliphatic carbocycles. The van der Waals surface area contributed by atoms with Crippen molar-refractivity contribution in [3.8, 4) is 11.8 Å². The minimum absolute atomic E-state index is 0.147. The number of nitrogens with zero attached hydrogens (tertiary/aromatic N) is 2. The maximum Gasteiger partial charge on any atom is 0.168 e. The van der Waals surface area contributed by atoms with E-state index in [1.54, 1.807) is 55.6 Å². The number of benzene rings is 2. The van der Waals surface area contributed by atoms with Gasteiger partial charge in [0, 0.05) is 54.8 Å². The molecule has 0 bridgehead atoms. The molecule has 2 aromatic carbocycles. The van der Waals surface area contributed by atoms with E-state index >= 15 is 4.39 Å².